The molecule has 5 heteroatoms. The Morgan fingerprint density at radius 1 is 1.35 bits per heavy atom. The number of benzene rings is 1. The van der Waals surface area contributed by atoms with Crippen LogP contribution in [0, 0.1) is 6.92 Å². The number of rotatable bonds is 5. The van der Waals surface area contributed by atoms with Crippen molar-refractivity contribution < 1.29 is 4.79 Å². The third-order valence-electron chi connectivity index (χ3n) is 2.93. The quantitative estimate of drug-likeness (QED) is 0.847. The van der Waals surface area contributed by atoms with Gasteiger partial charge in [-0.1, -0.05) is 0 Å². The molecule has 0 atom stereocenters. The highest BCUT2D eigenvalue weighted by Crippen LogP contribution is 2.22. The monoisotopic (exact) mass is 352 g/mol. The molecule has 0 bridgehead atoms. The molecule has 20 heavy (non-hydrogen) atoms. The number of halogens is 1. The summed E-state index contributed by atoms with van der Waals surface area (Å²) in [5.74, 6) is -0.0242. The lowest BCUT2D eigenvalue weighted by Crippen LogP contribution is -2.22. The van der Waals surface area contributed by atoms with E-state index >= 15 is 0 Å². The molecule has 0 aliphatic carbocycles. The molecule has 0 aliphatic heterocycles. The van der Waals surface area contributed by atoms with E-state index in [4.69, 9.17) is 0 Å². The Hall–Kier alpha value is -1.33. The van der Waals surface area contributed by atoms with Crippen LogP contribution in [0.1, 0.15) is 28.4 Å². The molecule has 1 amide bonds. The van der Waals surface area contributed by atoms with Gasteiger partial charge in [-0.25, -0.2) is 0 Å². The summed E-state index contributed by atoms with van der Waals surface area (Å²) in [6.07, 6.45) is 0. The van der Waals surface area contributed by atoms with Crippen LogP contribution in [0.15, 0.2) is 33.4 Å². The third kappa shape index (κ3) is 3.84. The maximum Gasteiger partial charge on any atom is 0.251 e. The summed E-state index contributed by atoms with van der Waals surface area (Å²) in [6.45, 7) is 5.35. The van der Waals surface area contributed by atoms with Gasteiger partial charge in [0.1, 0.15) is 0 Å². The predicted molar refractivity (Wildman–Crippen MR) is 88.5 cm³/mol. The summed E-state index contributed by atoms with van der Waals surface area (Å²) in [5, 5.41) is 8.32. The van der Waals surface area contributed by atoms with Gasteiger partial charge in [0.15, 0.2) is 0 Å². The second-order valence-electron chi connectivity index (χ2n) is 4.50. The topological polar surface area (TPSA) is 41.1 Å². The number of carbonyl (C=O) groups is 1. The summed E-state index contributed by atoms with van der Waals surface area (Å²) in [4.78, 5) is 11.8. The van der Waals surface area contributed by atoms with Crippen molar-refractivity contribution in [1.82, 2.24) is 5.32 Å². The summed E-state index contributed by atoms with van der Waals surface area (Å²) in [5.41, 5.74) is 4.07. The smallest absolute Gasteiger partial charge is 0.251 e. The first-order valence-corrected chi connectivity index (χ1v) is 8.13. The van der Waals surface area contributed by atoms with E-state index in [0.29, 0.717) is 12.1 Å². The number of nitrogens with one attached hydrogen (secondary N) is 2. The van der Waals surface area contributed by atoms with E-state index in [1.165, 1.54) is 5.56 Å². The van der Waals surface area contributed by atoms with Gasteiger partial charge >= 0.3 is 0 Å². The molecule has 0 aliphatic rings. The number of aryl methyl sites for hydroxylation is 1. The molecule has 0 saturated carbocycles. The molecule has 0 unspecified atom stereocenters. The van der Waals surface area contributed by atoms with Crippen LogP contribution < -0.4 is 10.6 Å². The fourth-order valence-electron chi connectivity index (χ4n) is 1.90. The number of carbonyl (C=O) groups excluding carboxylic acids is 1. The van der Waals surface area contributed by atoms with E-state index < -0.39 is 0 Å². The van der Waals surface area contributed by atoms with Crippen molar-refractivity contribution in [1.29, 1.82) is 0 Å². The Bertz CT molecular complexity index is 610. The maximum absolute atomic E-state index is 11.8. The van der Waals surface area contributed by atoms with Crippen molar-refractivity contribution in [2.45, 2.75) is 20.4 Å². The zero-order chi connectivity index (χ0) is 14.5. The van der Waals surface area contributed by atoms with Crippen LogP contribution in [-0.2, 0) is 6.54 Å². The van der Waals surface area contributed by atoms with Crippen molar-refractivity contribution in [3.63, 3.8) is 0 Å². The van der Waals surface area contributed by atoms with E-state index in [9.17, 15) is 4.79 Å². The Kier molecular flexibility index (Phi) is 5.20. The van der Waals surface area contributed by atoms with Crippen LogP contribution in [0.25, 0.3) is 0 Å². The zero-order valence-electron chi connectivity index (χ0n) is 11.5. The Balaban J connectivity index is 2.04. The maximum atomic E-state index is 11.8. The van der Waals surface area contributed by atoms with Crippen molar-refractivity contribution in [2.75, 3.05) is 11.9 Å². The Labute approximate surface area is 131 Å². The molecule has 106 valence electrons. The minimum absolute atomic E-state index is 0.0242. The second kappa shape index (κ2) is 6.90. The number of anilines is 1. The van der Waals surface area contributed by atoms with E-state index in [2.05, 4.69) is 38.0 Å². The molecule has 2 N–H and O–H groups in total. The summed E-state index contributed by atoms with van der Waals surface area (Å²) in [6, 6.07) is 7.83. The van der Waals surface area contributed by atoms with Crippen LogP contribution >= 0.6 is 27.3 Å². The number of hydrogen-bond acceptors (Lipinski definition) is 3. The highest BCUT2D eigenvalue weighted by Gasteiger charge is 2.06. The lowest BCUT2D eigenvalue weighted by molar-refractivity contribution is 0.0956. The highest BCUT2D eigenvalue weighted by atomic mass is 79.9. The molecule has 1 aromatic carbocycles. The van der Waals surface area contributed by atoms with Crippen molar-refractivity contribution >= 4 is 38.9 Å². The first kappa shape index (κ1) is 15.1. The van der Waals surface area contributed by atoms with Crippen molar-refractivity contribution in [2.24, 2.45) is 0 Å². The molecular formula is C15H17BrN2OS. The summed E-state index contributed by atoms with van der Waals surface area (Å²) in [7, 11) is 0. The molecule has 0 spiro atoms. The van der Waals surface area contributed by atoms with Gasteiger partial charge in [0.05, 0.1) is 3.79 Å². The van der Waals surface area contributed by atoms with E-state index in [0.717, 1.165) is 21.6 Å². The normalized spacial score (nSPS) is 10.3. The first-order chi connectivity index (χ1) is 9.60. The lowest BCUT2D eigenvalue weighted by Gasteiger charge is -2.10. The summed E-state index contributed by atoms with van der Waals surface area (Å²) < 4.78 is 1.14. The SMILES string of the molecule is CCNC(=O)c1ccc(NCc2csc(Br)c2)c(C)c1. The molecule has 0 fully saturated rings. The molecule has 0 saturated heterocycles. The molecule has 2 aromatic rings. The van der Waals surface area contributed by atoms with Crippen LogP contribution in [0.2, 0.25) is 0 Å². The second-order valence-corrected chi connectivity index (χ2v) is 6.79. The molecule has 1 aromatic heterocycles. The van der Waals surface area contributed by atoms with Gasteiger partial charge in [0, 0.05) is 24.3 Å². The van der Waals surface area contributed by atoms with Gasteiger partial charge in [-0.2, -0.15) is 0 Å². The zero-order valence-corrected chi connectivity index (χ0v) is 13.9. The van der Waals surface area contributed by atoms with E-state index in [1.54, 1.807) is 11.3 Å². The van der Waals surface area contributed by atoms with Crippen LogP contribution in [0.4, 0.5) is 5.69 Å². The van der Waals surface area contributed by atoms with Crippen LogP contribution in [-0.4, -0.2) is 12.5 Å². The van der Waals surface area contributed by atoms with Gasteiger partial charge in [-0.05, 0) is 70.5 Å². The van der Waals surface area contributed by atoms with Crippen molar-refractivity contribution in [3.8, 4) is 0 Å². The minimum Gasteiger partial charge on any atom is -0.381 e. The molecule has 3 nitrogen and oxygen atoms in total. The van der Waals surface area contributed by atoms with Crippen molar-refractivity contribution in [3.05, 3.63) is 50.1 Å². The molecular weight excluding hydrogens is 336 g/mol. The lowest BCUT2D eigenvalue weighted by atomic mass is 10.1. The van der Waals surface area contributed by atoms with Gasteiger partial charge in [-0.3, -0.25) is 4.79 Å². The summed E-state index contributed by atoms with van der Waals surface area (Å²) >= 11 is 5.14. The average Bonchev–Trinajstić information content (AvgIpc) is 2.83. The number of amides is 1. The van der Waals surface area contributed by atoms with Crippen LogP contribution in [0.5, 0.6) is 0 Å². The predicted octanol–water partition coefficient (Wildman–Crippen LogP) is 4.18. The van der Waals surface area contributed by atoms with E-state index in [-0.39, 0.29) is 5.91 Å². The van der Waals surface area contributed by atoms with Crippen LogP contribution in [0.3, 0.4) is 0 Å². The van der Waals surface area contributed by atoms with Gasteiger partial charge in [-0.15, -0.1) is 11.3 Å². The number of thiophene rings is 1. The fraction of sp³-hybridized carbons (Fsp3) is 0.267. The third-order valence-corrected chi connectivity index (χ3v) is 4.48. The fourth-order valence-corrected chi connectivity index (χ4v) is 3.11. The van der Waals surface area contributed by atoms with Gasteiger partial charge in [0.25, 0.3) is 5.91 Å². The van der Waals surface area contributed by atoms with E-state index in [1.807, 2.05) is 32.0 Å². The Morgan fingerprint density at radius 2 is 2.15 bits per heavy atom. The molecule has 2 rings (SSSR count). The highest BCUT2D eigenvalue weighted by molar-refractivity contribution is 9.11. The molecule has 1 heterocycles. The standard InChI is InChI=1S/C15H17BrN2OS/c1-3-17-15(19)12-4-5-13(10(2)6-12)18-8-11-7-14(16)20-9-11/h4-7,9,18H,3,8H2,1-2H3,(H,17,19). The number of hydrogen-bond donors (Lipinski definition) is 2. The Morgan fingerprint density at radius 3 is 2.75 bits per heavy atom. The molecule has 0 radical (unpaired) electrons. The van der Waals surface area contributed by atoms with Gasteiger partial charge in [0.2, 0.25) is 0 Å². The van der Waals surface area contributed by atoms with Gasteiger partial charge < -0.3 is 10.6 Å². The average molecular weight is 353 g/mol. The largest absolute Gasteiger partial charge is 0.381 e. The first-order valence-electron chi connectivity index (χ1n) is 6.45. The minimum atomic E-state index is -0.0242.